The number of halogens is 2. The maximum atomic E-state index is 13.7. The van der Waals surface area contributed by atoms with Crippen molar-refractivity contribution >= 4 is 11.8 Å². The van der Waals surface area contributed by atoms with E-state index in [2.05, 4.69) is 0 Å². The highest BCUT2D eigenvalue weighted by Crippen LogP contribution is 2.45. The number of fused-ring (bicyclic) bond motifs is 1. The SMILES string of the molecule is OC(c1ccc(F)cc1F)C1CSc2ccccc21. The lowest BCUT2D eigenvalue weighted by Gasteiger charge is -2.19. The van der Waals surface area contributed by atoms with E-state index in [4.69, 9.17) is 0 Å². The van der Waals surface area contributed by atoms with Crippen molar-refractivity contribution in [2.45, 2.75) is 16.9 Å². The van der Waals surface area contributed by atoms with Crippen LogP contribution in [0, 0.1) is 11.6 Å². The zero-order valence-electron chi connectivity index (χ0n) is 10.0. The van der Waals surface area contributed by atoms with Crippen molar-refractivity contribution in [2.24, 2.45) is 0 Å². The first-order valence-electron chi connectivity index (χ1n) is 6.01. The maximum Gasteiger partial charge on any atom is 0.131 e. The van der Waals surface area contributed by atoms with Crippen molar-refractivity contribution < 1.29 is 13.9 Å². The van der Waals surface area contributed by atoms with Crippen LogP contribution in [0.4, 0.5) is 8.78 Å². The van der Waals surface area contributed by atoms with Gasteiger partial charge >= 0.3 is 0 Å². The summed E-state index contributed by atoms with van der Waals surface area (Å²) in [6.07, 6.45) is -0.947. The van der Waals surface area contributed by atoms with Crippen LogP contribution in [0.3, 0.4) is 0 Å². The number of hydrogen-bond acceptors (Lipinski definition) is 2. The lowest BCUT2D eigenvalue weighted by atomic mass is 9.90. The molecule has 4 heteroatoms. The van der Waals surface area contributed by atoms with E-state index in [1.165, 1.54) is 12.1 Å². The highest BCUT2D eigenvalue weighted by atomic mass is 32.2. The first-order chi connectivity index (χ1) is 9.16. The van der Waals surface area contributed by atoms with Gasteiger partial charge in [0.1, 0.15) is 11.6 Å². The molecule has 0 fully saturated rings. The predicted octanol–water partition coefficient (Wildman–Crippen LogP) is 3.89. The third-order valence-electron chi connectivity index (χ3n) is 3.40. The van der Waals surface area contributed by atoms with Gasteiger partial charge in [-0.3, -0.25) is 0 Å². The molecule has 1 N–H and O–H groups in total. The van der Waals surface area contributed by atoms with E-state index in [0.717, 1.165) is 16.5 Å². The molecule has 0 radical (unpaired) electrons. The summed E-state index contributed by atoms with van der Waals surface area (Å²) in [6, 6.07) is 11.1. The van der Waals surface area contributed by atoms with Gasteiger partial charge in [-0.25, -0.2) is 8.78 Å². The fourth-order valence-corrected chi connectivity index (χ4v) is 3.69. The number of thioether (sulfide) groups is 1. The summed E-state index contributed by atoms with van der Waals surface area (Å²) in [6.45, 7) is 0. The summed E-state index contributed by atoms with van der Waals surface area (Å²) in [5, 5.41) is 10.4. The van der Waals surface area contributed by atoms with Gasteiger partial charge in [0.05, 0.1) is 6.10 Å². The molecule has 0 aliphatic carbocycles. The third kappa shape index (κ3) is 2.26. The second kappa shape index (κ2) is 4.94. The van der Waals surface area contributed by atoms with Crippen LogP contribution in [-0.2, 0) is 0 Å². The first kappa shape index (κ1) is 12.6. The summed E-state index contributed by atoms with van der Waals surface area (Å²) in [5.74, 6) is -0.769. The number of rotatable bonds is 2. The van der Waals surface area contributed by atoms with Crippen molar-refractivity contribution in [3.8, 4) is 0 Å². The fraction of sp³-hybridized carbons (Fsp3) is 0.200. The lowest BCUT2D eigenvalue weighted by molar-refractivity contribution is 0.149. The van der Waals surface area contributed by atoms with Crippen LogP contribution >= 0.6 is 11.8 Å². The van der Waals surface area contributed by atoms with Gasteiger partial charge in [-0.1, -0.05) is 24.3 Å². The monoisotopic (exact) mass is 278 g/mol. The van der Waals surface area contributed by atoms with E-state index in [9.17, 15) is 13.9 Å². The molecule has 2 atom stereocenters. The van der Waals surface area contributed by atoms with E-state index in [-0.39, 0.29) is 11.5 Å². The minimum Gasteiger partial charge on any atom is -0.388 e. The van der Waals surface area contributed by atoms with Gasteiger partial charge in [0, 0.05) is 28.2 Å². The molecule has 1 aliphatic rings. The maximum absolute atomic E-state index is 13.7. The molecule has 0 aromatic heterocycles. The zero-order chi connectivity index (χ0) is 13.4. The van der Waals surface area contributed by atoms with E-state index in [1.807, 2.05) is 24.3 Å². The number of hydrogen-bond donors (Lipinski definition) is 1. The van der Waals surface area contributed by atoms with Gasteiger partial charge in [-0.15, -0.1) is 11.8 Å². The Kier molecular flexibility index (Phi) is 3.29. The molecule has 0 bridgehead atoms. The topological polar surface area (TPSA) is 20.2 Å². The Bertz CT molecular complexity index is 615. The van der Waals surface area contributed by atoms with Gasteiger partial charge in [-0.2, -0.15) is 0 Å². The standard InChI is InChI=1S/C15H12F2OS/c16-9-5-6-11(13(17)7-9)15(18)12-8-19-14-4-2-1-3-10(12)14/h1-7,12,15,18H,8H2. The third-order valence-corrected chi connectivity index (χ3v) is 4.61. The molecule has 2 aromatic carbocycles. The summed E-state index contributed by atoms with van der Waals surface area (Å²) < 4.78 is 26.6. The Hall–Kier alpha value is -1.39. The molecule has 0 amide bonds. The van der Waals surface area contributed by atoms with Crippen LogP contribution < -0.4 is 0 Å². The van der Waals surface area contributed by atoms with Crippen LogP contribution in [0.15, 0.2) is 47.4 Å². The molecule has 0 spiro atoms. The van der Waals surface area contributed by atoms with Gasteiger partial charge in [-0.05, 0) is 17.7 Å². The number of benzene rings is 2. The Morgan fingerprint density at radius 1 is 1.16 bits per heavy atom. The quantitative estimate of drug-likeness (QED) is 0.899. The van der Waals surface area contributed by atoms with Crippen LogP contribution in [0.2, 0.25) is 0 Å². The molecule has 1 heterocycles. The molecule has 3 rings (SSSR count). The average Bonchev–Trinajstić information content (AvgIpc) is 2.82. The first-order valence-corrected chi connectivity index (χ1v) is 7.00. The van der Waals surface area contributed by atoms with Crippen LogP contribution in [0.5, 0.6) is 0 Å². The fourth-order valence-electron chi connectivity index (χ4n) is 2.41. The Morgan fingerprint density at radius 2 is 1.95 bits per heavy atom. The van der Waals surface area contributed by atoms with E-state index in [0.29, 0.717) is 5.75 Å². The highest BCUT2D eigenvalue weighted by Gasteiger charge is 2.31. The summed E-state index contributed by atoms with van der Waals surface area (Å²) in [5.41, 5.74) is 1.19. The molecule has 1 nitrogen and oxygen atoms in total. The normalized spacial score (nSPS) is 19.2. The summed E-state index contributed by atoms with van der Waals surface area (Å²) in [4.78, 5) is 1.12. The largest absolute Gasteiger partial charge is 0.388 e. The molecular weight excluding hydrogens is 266 g/mol. The Labute approximate surface area is 114 Å². The van der Waals surface area contributed by atoms with Gasteiger partial charge in [0.25, 0.3) is 0 Å². The molecule has 1 aliphatic heterocycles. The van der Waals surface area contributed by atoms with Crippen molar-refractivity contribution in [3.05, 3.63) is 65.2 Å². The second-order valence-electron chi connectivity index (χ2n) is 4.57. The highest BCUT2D eigenvalue weighted by molar-refractivity contribution is 7.99. The van der Waals surface area contributed by atoms with Crippen molar-refractivity contribution in [3.63, 3.8) is 0 Å². The molecule has 19 heavy (non-hydrogen) atoms. The Balaban J connectivity index is 1.95. The number of aliphatic hydroxyl groups is 1. The van der Waals surface area contributed by atoms with Crippen LogP contribution in [0.25, 0.3) is 0 Å². The number of aliphatic hydroxyl groups excluding tert-OH is 1. The zero-order valence-corrected chi connectivity index (χ0v) is 10.8. The molecule has 0 saturated carbocycles. The van der Waals surface area contributed by atoms with E-state index in [1.54, 1.807) is 11.8 Å². The van der Waals surface area contributed by atoms with Crippen molar-refractivity contribution in [1.29, 1.82) is 0 Å². The van der Waals surface area contributed by atoms with Crippen LogP contribution in [0.1, 0.15) is 23.1 Å². The van der Waals surface area contributed by atoms with Gasteiger partial charge in [0.2, 0.25) is 0 Å². The van der Waals surface area contributed by atoms with Gasteiger partial charge in [0.15, 0.2) is 0 Å². The molecule has 2 unspecified atom stereocenters. The molecule has 2 aromatic rings. The van der Waals surface area contributed by atoms with E-state index < -0.39 is 17.7 Å². The van der Waals surface area contributed by atoms with E-state index >= 15 is 0 Å². The molecular formula is C15H12F2OS. The molecule has 0 saturated heterocycles. The smallest absolute Gasteiger partial charge is 0.131 e. The average molecular weight is 278 g/mol. The van der Waals surface area contributed by atoms with Crippen molar-refractivity contribution in [2.75, 3.05) is 5.75 Å². The lowest BCUT2D eigenvalue weighted by Crippen LogP contribution is -2.12. The predicted molar refractivity (Wildman–Crippen MR) is 71.2 cm³/mol. The van der Waals surface area contributed by atoms with Crippen LogP contribution in [-0.4, -0.2) is 10.9 Å². The summed E-state index contributed by atoms with van der Waals surface area (Å²) >= 11 is 1.65. The minimum absolute atomic E-state index is 0.152. The van der Waals surface area contributed by atoms with Crippen molar-refractivity contribution in [1.82, 2.24) is 0 Å². The Morgan fingerprint density at radius 3 is 2.74 bits per heavy atom. The van der Waals surface area contributed by atoms with Gasteiger partial charge < -0.3 is 5.11 Å². The minimum atomic E-state index is -0.947. The molecule has 98 valence electrons. The summed E-state index contributed by atoms with van der Waals surface area (Å²) in [7, 11) is 0. The second-order valence-corrected chi connectivity index (χ2v) is 5.63.